The minimum Gasteiger partial charge on any atom is -0.488 e. The Morgan fingerprint density at radius 2 is 1.55 bits per heavy atom. The number of hydrogen-bond donors (Lipinski definition) is 1. The van der Waals surface area contributed by atoms with E-state index in [2.05, 4.69) is 10.5 Å². The van der Waals surface area contributed by atoms with Crippen LogP contribution in [0.2, 0.25) is 0 Å². The highest BCUT2D eigenvalue weighted by Crippen LogP contribution is 2.39. The smallest absolute Gasteiger partial charge is 0.271 e. The third-order valence-electron chi connectivity index (χ3n) is 6.15. The Labute approximate surface area is 226 Å². The quantitative estimate of drug-likeness (QED) is 0.223. The van der Waals surface area contributed by atoms with Gasteiger partial charge in [0, 0.05) is 17.7 Å². The molecule has 190 valence electrons. The summed E-state index contributed by atoms with van der Waals surface area (Å²) in [7, 11) is 0. The van der Waals surface area contributed by atoms with E-state index in [1.807, 2.05) is 102 Å². The highest BCUT2D eigenvalue weighted by molar-refractivity contribution is 8.00. The van der Waals surface area contributed by atoms with Crippen molar-refractivity contribution in [2.45, 2.75) is 18.5 Å². The highest BCUT2D eigenvalue weighted by atomic mass is 32.2. The van der Waals surface area contributed by atoms with Crippen molar-refractivity contribution in [2.24, 2.45) is 5.10 Å². The number of hydrazone groups is 1. The molecule has 0 bridgehead atoms. The van der Waals surface area contributed by atoms with Crippen molar-refractivity contribution in [3.8, 4) is 5.75 Å². The molecule has 0 aromatic heterocycles. The molecule has 4 aromatic rings. The molecule has 2 amide bonds. The molecule has 0 aliphatic carbocycles. The lowest BCUT2D eigenvalue weighted by molar-refractivity contribution is -0.128. The standard InChI is InChI=1S/C31H27N3O3S/c35-29-22-38-31(34(29)20-23-9-3-1-4-10-23)26-17-15-25(16-18-26)30(36)33-32-19-27-13-7-8-14-28(27)37-21-24-11-5-2-6-12-24/h1-19,31H,20-22H2,(H,33,36)/b32-19-/t31-/m0/s1. The molecule has 0 unspecified atom stereocenters. The van der Waals surface area contributed by atoms with Crippen LogP contribution in [-0.4, -0.2) is 28.7 Å². The first kappa shape index (κ1) is 25.3. The van der Waals surface area contributed by atoms with Gasteiger partial charge in [-0.05, 0) is 41.0 Å². The van der Waals surface area contributed by atoms with E-state index in [4.69, 9.17) is 4.74 Å². The van der Waals surface area contributed by atoms with Crippen LogP contribution in [-0.2, 0) is 17.9 Å². The number of nitrogens with zero attached hydrogens (tertiary/aromatic N) is 2. The summed E-state index contributed by atoms with van der Waals surface area (Å²) in [5, 5.41) is 4.06. The number of carbonyl (C=O) groups excluding carboxylic acids is 2. The molecule has 0 saturated carbocycles. The molecule has 38 heavy (non-hydrogen) atoms. The molecule has 6 nitrogen and oxygen atoms in total. The first-order valence-corrected chi connectivity index (χ1v) is 13.4. The zero-order valence-electron chi connectivity index (χ0n) is 20.7. The minimum absolute atomic E-state index is 0.0785. The summed E-state index contributed by atoms with van der Waals surface area (Å²) in [4.78, 5) is 27.1. The van der Waals surface area contributed by atoms with Gasteiger partial charge in [0.2, 0.25) is 5.91 Å². The van der Waals surface area contributed by atoms with E-state index in [9.17, 15) is 9.59 Å². The summed E-state index contributed by atoms with van der Waals surface area (Å²) in [6.07, 6.45) is 1.58. The fraction of sp³-hybridized carbons (Fsp3) is 0.129. The van der Waals surface area contributed by atoms with Gasteiger partial charge in [0.1, 0.15) is 17.7 Å². The molecule has 7 heteroatoms. The summed E-state index contributed by atoms with van der Waals surface area (Å²) in [5.74, 6) is 0.938. The van der Waals surface area contributed by atoms with Crippen LogP contribution < -0.4 is 10.2 Å². The van der Waals surface area contributed by atoms with Gasteiger partial charge in [0.05, 0.1) is 12.0 Å². The van der Waals surface area contributed by atoms with Gasteiger partial charge < -0.3 is 9.64 Å². The van der Waals surface area contributed by atoms with E-state index in [-0.39, 0.29) is 17.2 Å². The summed E-state index contributed by atoms with van der Waals surface area (Å²) in [5.41, 5.74) is 6.99. The number of rotatable bonds is 9. The molecule has 4 aromatic carbocycles. The Morgan fingerprint density at radius 1 is 0.895 bits per heavy atom. The molecule has 5 rings (SSSR count). The summed E-state index contributed by atoms with van der Waals surface area (Å²) in [6.45, 7) is 1.00. The van der Waals surface area contributed by atoms with Gasteiger partial charge in [-0.3, -0.25) is 9.59 Å². The van der Waals surface area contributed by atoms with Crippen LogP contribution in [0.5, 0.6) is 5.75 Å². The average molecular weight is 522 g/mol. The van der Waals surface area contributed by atoms with Crippen LogP contribution in [0.25, 0.3) is 0 Å². The molecular formula is C31H27N3O3S. The van der Waals surface area contributed by atoms with Crippen LogP contribution in [0.4, 0.5) is 0 Å². The van der Waals surface area contributed by atoms with E-state index in [0.717, 1.165) is 22.3 Å². The number of carbonyl (C=O) groups is 2. The summed E-state index contributed by atoms with van der Waals surface area (Å²) >= 11 is 1.60. The second-order valence-electron chi connectivity index (χ2n) is 8.80. The zero-order valence-corrected chi connectivity index (χ0v) is 21.5. The zero-order chi connectivity index (χ0) is 26.2. The van der Waals surface area contributed by atoms with Crippen molar-refractivity contribution in [3.63, 3.8) is 0 Å². The lowest BCUT2D eigenvalue weighted by Gasteiger charge is -2.24. The third-order valence-corrected chi connectivity index (χ3v) is 7.40. The number of hydrogen-bond acceptors (Lipinski definition) is 5. The molecule has 1 aliphatic rings. The normalized spacial score (nSPS) is 15.1. The number of thioether (sulfide) groups is 1. The molecule has 0 radical (unpaired) electrons. The first-order chi connectivity index (χ1) is 18.7. The van der Waals surface area contributed by atoms with Crippen molar-refractivity contribution in [2.75, 3.05) is 5.75 Å². The molecular weight excluding hydrogens is 494 g/mol. The number of para-hydroxylation sites is 1. The van der Waals surface area contributed by atoms with E-state index in [0.29, 0.717) is 30.2 Å². The Hall–Kier alpha value is -4.36. The Morgan fingerprint density at radius 3 is 2.29 bits per heavy atom. The number of amides is 2. The first-order valence-electron chi connectivity index (χ1n) is 12.3. The molecule has 1 aliphatic heterocycles. The van der Waals surface area contributed by atoms with Crippen LogP contribution >= 0.6 is 11.8 Å². The average Bonchev–Trinajstić information content (AvgIpc) is 3.33. The van der Waals surface area contributed by atoms with Crippen molar-refractivity contribution in [1.29, 1.82) is 0 Å². The fourth-order valence-corrected chi connectivity index (χ4v) is 5.35. The van der Waals surface area contributed by atoms with Crippen LogP contribution in [0, 0.1) is 0 Å². The monoisotopic (exact) mass is 521 g/mol. The van der Waals surface area contributed by atoms with Gasteiger partial charge in [-0.1, -0.05) is 84.9 Å². The maximum Gasteiger partial charge on any atom is 0.271 e. The van der Waals surface area contributed by atoms with Gasteiger partial charge in [-0.2, -0.15) is 5.10 Å². The van der Waals surface area contributed by atoms with E-state index in [1.165, 1.54) is 0 Å². The van der Waals surface area contributed by atoms with Gasteiger partial charge >= 0.3 is 0 Å². The van der Waals surface area contributed by atoms with Crippen molar-refractivity contribution < 1.29 is 14.3 Å². The van der Waals surface area contributed by atoms with Crippen molar-refractivity contribution >= 4 is 29.8 Å². The van der Waals surface area contributed by atoms with Crippen LogP contribution in [0.1, 0.15) is 38.0 Å². The lowest BCUT2D eigenvalue weighted by atomic mass is 10.1. The second-order valence-corrected chi connectivity index (χ2v) is 9.87. The molecule has 1 heterocycles. The largest absolute Gasteiger partial charge is 0.488 e. The molecule has 1 N–H and O–H groups in total. The Kier molecular flexibility index (Phi) is 8.16. The van der Waals surface area contributed by atoms with E-state index >= 15 is 0 Å². The topological polar surface area (TPSA) is 71.0 Å². The molecule has 1 fully saturated rings. The maximum absolute atomic E-state index is 12.7. The molecule has 1 saturated heterocycles. The van der Waals surface area contributed by atoms with E-state index < -0.39 is 0 Å². The maximum atomic E-state index is 12.7. The predicted molar refractivity (Wildman–Crippen MR) is 151 cm³/mol. The minimum atomic E-state index is -0.313. The van der Waals surface area contributed by atoms with E-state index in [1.54, 1.807) is 30.1 Å². The van der Waals surface area contributed by atoms with Crippen LogP contribution in [0.3, 0.4) is 0 Å². The summed E-state index contributed by atoms with van der Waals surface area (Å²) in [6, 6.07) is 34.8. The van der Waals surface area contributed by atoms with Crippen LogP contribution in [0.15, 0.2) is 114 Å². The second kappa shape index (κ2) is 12.3. The fourth-order valence-electron chi connectivity index (χ4n) is 4.16. The SMILES string of the molecule is O=C(N/N=C\c1ccccc1OCc1ccccc1)c1ccc([C@@H]2SCC(=O)N2Cc2ccccc2)cc1. The number of nitrogens with one attached hydrogen (secondary N) is 1. The number of benzene rings is 4. The Bertz CT molecular complexity index is 1410. The molecule has 0 spiro atoms. The van der Waals surface area contributed by atoms with Gasteiger partial charge in [-0.15, -0.1) is 11.8 Å². The van der Waals surface area contributed by atoms with Gasteiger partial charge in [-0.25, -0.2) is 5.43 Å². The van der Waals surface area contributed by atoms with Gasteiger partial charge in [0.25, 0.3) is 5.91 Å². The Balaban J connectivity index is 1.20. The van der Waals surface area contributed by atoms with Crippen molar-refractivity contribution in [3.05, 3.63) is 137 Å². The highest BCUT2D eigenvalue weighted by Gasteiger charge is 2.32. The van der Waals surface area contributed by atoms with Gasteiger partial charge in [0.15, 0.2) is 0 Å². The lowest BCUT2D eigenvalue weighted by Crippen LogP contribution is -2.27. The summed E-state index contributed by atoms with van der Waals surface area (Å²) < 4.78 is 5.95. The number of ether oxygens (including phenoxy) is 1. The predicted octanol–water partition coefficient (Wildman–Crippen LogP) is 5.80. The molecule has 1 atom stereocenters. The third kappa shape index (κ3) is 6.30. The van der Waals surface area contributed by atoms with Crippen molar-refractivity contribution in [1.82, 2.24) is 10.3 Å².